The molecule has 2 atom stereocenters. The van der Waals surface area contributed by atoms with Crippen molar-refractivity contribution >= 4 is 34.0 Å². The number of esters is 1. The van der Waals surface area contributed by atoms with Gasteiger partial charge in [0, 0.05) is 13.0 Å². The molecule has 28 heavy (non-hydrogen) atoms. The van der Waals surface area contributed by atoms with Gasteiger partial charge in [-0.15, -0.1) is 0 Å². The molecule has 1 aliphatic heterocycles. The van der Waals surface area contributed by atoms with E-state index >= 15 is 0 Å². The summed E-state index contributed by atoms with van der Waals surface area (Å²) in [7, 11) is 0. The molecule has 1 saturated heterocycles. The van der Waals surface area contributed by atoms with E-state index in [4.69, 9.17) is 16.3 Å². The van der Waals surface area contributed by atoms with Crippen molar-refractivity contribution in [2.24, 2.45) is 0 Å². The Hall–Kier alpha value is -0.730. The number of ether oxygens (including phenoxy) is 1. The highest BCUT2D eigenvalue weighted by atomic mass is 35.5. The molecule has 0 radical (unpaired) electrons. The molecular weight excluding hydrogens is 398 g/mol. The number of unbranched alkanes of at least 4 members (excludes halogenated alkanes) is 7. The van der Waals surface area contributed by atoms with Gasteiger partial charge in [-0.05, 0) is 24.2 Å². The van der Waals surface area contributed by atoms with Gasteiger partial charge in [-0.1, -0.05) is 70.4 Å². The van der Waals surface area contributed by atoms with Crippen molar-refractivity contribution in [1.82, 2.24) is 14.5 Å². The Balaban J connectivity index is 1.94. The molecule has 1 fully saturated rings. The Morgan fingerprint density at radius 2 is 1.93 bits per heavy atom. The van der Waals surface area contributed by atoms with Crippen LogP contribution in [0.15, 0.2) is 6.20 Å². The van der Waals surface area contributed by atoms with Crippen LogP contribution in [0.3, 0.4) is 0 Å². The average molecular weight is 432 g/mol. The number of quaternary nitrogens is 1. The van der Waals surface area contributed by atoms with Gasteiger partial charge in [0.1, 0.15) is 11.0 Å². The second kappa shape index (κ2) is 12.1. The summed E-state index contributed by atoms with van der Waals surface area (Å²) < 4.78 is 5.39. The number of rotatable bonds is 13. The number of aromatic nitrogens is 1. The van der Waals surface area contributed by atoms with Gasteiger partial charge in [-0.25, -0.2) is 4.90 Å². The summed E-state index contributed by atoms with van der Waals surface area (Å²) in [6, 6.07) is 0. The SMILES string of the molecule is CCCCCCCC(=O)OC1CN(CCCCCC)C[N+]1([O-])c1ncc(Cl)s1. The predicted octanol–water partition coefficient (Wildman–Crippen LogP) is 5.68. The highest BCUT2D eigenvalue weighted by Crippen LogP contribution is 2.37. The highest BCUT2D eigenvalue weighted by molar-refractivity contribution is 7.19. The number of carbonyl (C=O) groups excluding carboxylic acids is 1. The predicted molar refractivity (Wildman–Crippen MR) is 116 cm³/mol. The van der Waals surface area contributed by atoms with Crippen LogP contribution < -0.4 is 4.65 Å². The number of thiazole rings is 1. The Labute approximate surface area is 178 Å². The zero-order chi connectivity index (χ0) is 20.4. The molecule has 160 valence electrons. The van der Waals surface area contributed by atoms with Gasteiger partial charge in [0.25, 0.3) is 11.4 Å². The van der Waals surface area contributed by atoms with Gasteiger partial charge >= 0.3 is 5.97 Å². The first-order chi connectivity index (χ1) is 13.5. The first kappa shape index (κ1) is 23.5. The fourth-order valence-corrected chi connectivity index (χ4v) is 4.50. The lowest BCUT2D eigenvalue weighted by Crippen LogP contribution is -2.50. The molecular formula is C20H34ClN3O3S. The zero-order valence-electron chi connectivity index (χ0n) is 17.2. The molecule has 0 bridgehead atoms. The lowest BCUT2D eigenvalue weighted by Gasteiger charge is -2.38. The highest BCUT2D eigenvalue weighted by Gasteiger charge is 2.45. The number of halogens is 1. The topological polar surface area (TPSA) is 65.5 Å². The fourth-order valence-electron chi connectivity index (χ4n) is 3.53. The zero-order valence-corrected chi connectivity index (χ0v) is 18.8. The van der Waals surface area contributed by atoms with Crippen molar-refractivity contribution in [3.63, 3.8) is 0 Å². The summed E-state index contributed by atoms with van der Waals surface area (Å²) in [6.45, 7) is 5.89. The van der Waals surface area contributed by atoms with E-state index in [0.717, 1.165) is 38.6 Å². The average Bonchev–Trinajstić information content (AvgIpc) is 3.23. The summed E-state index contributed by atoms with van der Waals surface area (Å²) in [6.07, 6.45) is 11.0. The van der Waals surface area contributed by atoms with Crippen molar-refractivity contribution in [2.75, 3.05) is 19.8 Å². The minimum atomic E-state index is -0.767. The molecule has 2 heterocycles. The van der Waals surface area contributed by atoms with Crippen LogP contribution >= 0.6 is 22.9 Å². The largest absolute Gasteiger partial charge is 0.622 e. The fraction of sp³-hybridized carbons (Fsp3) is 0.800. The van der Waals surface area contributed by atoms with Gasteiger partial charge in [-0.3, -0.25) is 9.44 Å². The standard InChI is InChI=1S/C20H34ClN3O3S/c1-3-5-7-9-10-12-19(25)27-18-15-23(13-11-8-6-4-2)16-24(18,26)20-22-14-17(21)28-20/h14,18H,3-13,15-16H2,1-2H3. The molecule has 2 rings (SSSR count). The van der Waals surface area contributed by atoms with Crippen LogP contribution in [-0.2, 0) is 9.53 Å². The Morgan fingerprint density at radius 1 is 1.25 bits per heavy atom. The summed E-state index contributed by atoms with van der Waals surface area (Å²) in [5.41, 5.74) is 0. The van der Waals surface area contributed by atoms with Crippen molar-refractivity contribution in [2.45, 2.75) is 84.3 Å². The van der Waals surface area contributed by atoms with Gasteiger partial charge in [-0.2, -0.15) is 4.98 Å². The van der Waals surface area contributed by atoms with Crippen LogP contribution in [0.1, 0.15) is 78.1 Å². The quantitative estimate of drug-likeness (QED) is 0.174. The molecule has 0 aliphatic carbocycles. The summed E-state index contributed by atoms with van der Waals surface area (Å²) in [4.78, 5) is 18.6. The van der Waals surface area contributed by atoms with Gasteiger partial charge in [0.15, 0.2) is 0 Å². The number of hydroxylamine groups is 2. The summed E-state index contributed by atoms with van der Waals surface area (Å²) >= 11 is 7.18. The Bertz CT molecular complexity index is 601. The molecule has 0 amide bonds. The van der Waals surface area contributed by atoms with Crippen molar-refractivity contribution in [3.8, 4) is 0 Å². The van der Waals surface area contributed by atoms with E-state index in [-0.39, 0.29) is 12.6 Å². The number of hydrogen-bond acceptors (Lipinski definition) is 6. The molecule has 0 N–H and O–H groups in total. The van der Waals surface area contributed by atoms with E-state index in [2.05, 4.69) is 23.7 Å². The van der Waals surface area contributed by atoms with E-state index in [0.29, 0.717) is 22.4 Å². The van der Waals surface area contributed by atoms with Gasteiger partial charge in [0.2, 0.25) is 0 Å². The monoisotopic (exact) mass is 431 g/mol. The first-order valence-corrected chi connectivity index (χ1v) is 11.8. The molecule has 0 spiro atoms. The Kier molecular flexibility index (Phi) is 10.2. The molecule has 0 aromatic carbocycles. The molecule has 1 aromatic rings. The molecule has 2 unspecified atom stereocenters. The van der Waals surface area contributed by atoms with Crippen LogP contribution in [0.5, 0.6) is 0 Å². The molecule has 0 saturated carbocycles. The molecule has 1 aromatic heterocycles. The van der Waals surface area contributed by atoms with E-state index in [1.54, 1.807) is 0 Å². The third kappa shape index (κ3) is 6.95. The van der Waals surface area contributed by atoms with Gasteiger partial charge in [0.05, 0.1) is 12.7 Å². The lowest BCUT2D eigenvalue weighted by molar-refractivity contribution is -0.153. The maximum Gasteiger partial charge on any atom is 0.310 e. The normalized spacial score (nSPS) is 22.6. The van der Waals surface area contributed by atoms with Crippen LogP contribution in [0.2, 0.25) is 4.34 Å². The second-order valence-corrected chi connectivity index (χ2v) is 9.27. The van der Waals surface area contributed by atoms with Gasteiger partial charge < -0.3 is 9.94 Å². The van der Waals surface area contributed by atoms with Crippen LogP contribution in [0.25, 0.3) is 0 Å². The van der Waals surface area contributed by atoms with E-state index < -0.39 is 10.9 Å². The van der Waals surface area contributed by atoms with E-state index in [1.807, 2.05) is 0 Å². The van der Waals surface area contributed by atoms with E-state index in [9.17, 15) is 10.0 Å². The van der Waals surface area contributed by atoms with E-state index in [1.165, 1.54) is 43.2 Å². The maximum atomic E-state index is 13.6. The minimum Gasteiger partial charge on any atom is -0.622 e. The summed E-state index contributed by atoms with van der Waals surface area (Å²) in [5, 5.41) is 14.0. The maximum absolute atomic E-state index is 13.6. The number of nitrogens with zero attached hydrogens (tertiary/aromatic N) is 3. The smallest absolute Gasteiger partial charge is 0.310 e. The first-order valence-electron chi connectivity index (χ1n) is 10.6. The third-order valence-corrected chi connectivity index (χ3v) is 6.39. The third-order valence-electron chi connectivity index (χ3n) is 5.16. The molecule has 6 nitrogen and oxygen atoms in total. The summed E-state index contributed by atoms with van der Waals surface area (Å²) in [5.74, 6) is -0.282. The molecule has 1 aliphatic rings. The number of carbonyl (C=O) groups is 1. The second-order valence-electron chi connectivity index (χ2n) is 7.63. The van der Waals surface area contributed by atoms with Crippen LogP contribution in [0.4, 0.5) is 5.13 Å². The molecule has 8 heteroatoms. The van der Waals surface area contributed by atoms with Crippen molar-refractivity contribution in [3.05, 3.63) is 15.7 Å². The van der Waals surface area contributed by atoms with Crippen LogP contribution in [-0.4, -0.2) is 41.8 Å². The Morgan fingerprint density at radius 3 is 2.57 bits per heavy atom. The van der Waals surface area contributed by atoms with Crippen molar-refractivity contribution < 1.29 is 9.53 Å². The lowest BCUT2D eigenvalue weighted by atomic mass is 10.1. The number of hydrogen-bond donors (Lipinski definition) is 0. The van der Waals surface area contributed by atoms with Crippen LogP contribution in [0, 0.1) is 5.21 Å². The van der Waals surface area contributed by atoms with Crippen molar-refractivity contribution in [1.29, 1.82) is 0 Å². The minimum absolute atomic E-state index is 0.254.